The summed E-state index contributed by atoms with van der Waals surface area (Å²) in [6.45, 7) is 1.47. The lowest BCUT2D eigenvalue weighted by Gasteiger charge is -2.12. The predicted molar refractivity (Wildman–Crippen MR) is 126 cm³/mol. The predicted octanol–water partition coefficient (Wildman–Crippen LogP) is 5.10. The molecular weight excluding hydrogens is 500 g/mol. The number of carbonyl (C=O) groups is 1. The fourth-order valence-electron chi connectivity index (χ4n) is 3.49. The zero-order valence-corrected chi connectivity index (χ0v) is 19.4. The van der Waals surface area contributed by atoms with Gasteiger partial charge in [0.2, 0.25) is 5.88 Å². The van der Waals surface area contributed by atoms with E-state index in [-0.39, 0.29) is 46.0 Å². The largest absolute Gasteiger partial charge is 0.493 e. The molecule has 0 aliphatic carbocycles. The van der Waals surface area contributed by atoms with Crippen LogP contribution in [0, 0.1) is 12.7 Å². The second-order valence-electron chi connectivity index (χ2n) is 7.65. The number of thioether (sulfide) groups is 1. The number of benzene rings is 2. The summed E-state index contributed by atoms with van der Waals surface area (Å²) in [6, 6.07) is 11.6. The molecule has 0 unspecified atom stereocenters. The lowest BCUT2D eigenvalue weighted by atomic mass is 10.2. The van der Waals surface area contributed by atoms with E-state index in [0.29, 0.717) is 11.3 Å². The molecule has 2 aromatic heterocycles. The van der Waals surface area contributed by atoms with Crippen LogP contribution >= 0.6 is 11.8 Å². The van der Waals surface area contributed by atoms with Crippen molar-refractivity contribution >= 4 is 23.4 Å². The quantitative estimate of drug-likeness (QED) is 0.274. The average molecular weight is 518 g/mol. The number of nitrogens with one attached hydrogen (secondary N) is 1. The number of imidazole rings is 1. The first kappa shape index (κ1) is 25.0. The molecule has 4 aromatic rings. The molecule has 1 amide bonds. The van der Waals surface area contributed by atoms with Gasteiger partial charge >= 0.3 is 11.2 Å². The topological polar surface area (TPSA) is 89.2 Å². The smallest absolute Gasteiger partial charge is 0.446 e. The van der Waals surface area contributed by atoms with Crippen molar-refractivity contribution in [1.82, 2.24) is 14.1 Å². The summed E-state index contributed by atoms with van der Waals surface area (Å²) in [5.74, 6) is -1.37. The van der Waals surface area contributed by atoms with Crippen LogP contribution in [0.4, 0.5) is 23.2 Å². The minimum absolute atomic E-state index is 0.0468. The normalized spacial score (nSPS) is 11.5. The van der Waals surface area contributed by atoms with Crippen LogP contribution in [0.25, 0.3) is 5.69 Å². The molecule has 12 heteroatoms. The maximum absolute atomic E-state index is 13.2. The van der Waals surface area contributed by atoms with Crippen LogP contribution in [0.5, 0.6) is 5.88 Å². The number of hydrogen-bond acceptors (Lipinski definition) is 5. The van der Waals surface area contributed by atoms with Gasteiger partial charge in [-0.15, -0.1) is 0 Å². The fraction of sp³-hybridized carbons (Fsp3) is 0.125. The second kappa shape index (κ2) is 9.90. The van der Waals surface area contributed by atoms with Crippen LogP contribution in [0.3, 0.4) is 0 Å². The van der Waals surface area contributed by atoms with Gasteiger partial charge in [-0.05, 0) is 78.8 Å². The van der Waals surface area contributed by atoms with Crippen LogP contribution in [-0.4, -0.2) is 30.6 Å². The number of nitrogens with zero attached hydrogens (tertiary/aromatic N) is 3. The van der Waals surface area contributed by atoms with E-state index in [1.807, 2.05) is 0 Å². The van der Waals surface area contributed by atoms with Gasteiger partial charge in [-0.3, -0.25) is 14.3 Å². The molecular formula is C24H18F4N4O3S. The number of rotatable bonds is 6. The van der Waals surface area contributed by atoms with E-state index < -0.39 is 22.9 Å². The highest BCUT2D eigenvalue weighted by Crippen LogP contribution is 2.37. The number of carbonyl (C=O) groups excluding carboxylic acids is 1. The fourth-order valence-corrected chi connectivity index (χ4v) is 4.03. The van der Waals surface area contributed by atoms with Gasteiger partial charge in [-0.2, -0.15) is 13.2 Å². The van der Waals surface area contributed by atoms with Gasteiger partial charge in [0.05, 0.1) is 29.8 Å². The molecule has 2 heterocycles. The van der Waals surface area contributed by atoms with Crippen LogP contribution in [-0.2, 0) is 6.54 Å². The summed E-state index contributed by atoms with van der Waals surface area (Å²) in [5.41, 5.74) is -3.66. The van der Waals surface area contributed by atoms with E-state index in [1.54, 1.807) is 6.07 Å². The Kier molecular flexibility index (Phi) is 6.88. The molecule has 186 valence electrons. The Hall–Kier alpha value is -4.06. The van der Waals surface area contributed by atoms with E-state index in [1.165, 1.54) is 60.3 Å². The number of aromatic hydroxyl groups is 1. The highest BCUT2D eigenvalue weighted by Gasteiger charge is 2.29. The van der Waals surface area contributed by atoms with Crippen LogP contribution in [0.2, 0.25) is 0 Å². The third-order valence-electron chi connectivity index (χ3n) is 5.29. The molecule has 7 nitrogen and oxygen atoms in total. The number of hydrogen-bond donors (Lipinski definition) is 2. The SMILES string of the molecule is Cc1c(O)n(-c2ccc(SC(F)(F)F)cc2)c(=O)n1Cc1ccncc1NC(=O)c1ccc(F)cc1. The van der Waals surface area contributed by atoms with E-state index >= 15 is 0 Å². The number of aromatic nitrogens is 3. The van der Waals surface area contributed by atoms with Crippen LogP contribution < -0.4 is 11.0 Å². The molecule has 0 aliphatic rings. The highest BCUT2D eigenvalue weighted by atomic mass is 32.2. The maximum atomic E-state index is 13.2. The third-order valence-corrected chi connectivity index (χ3v) is 6.02. The van der Waals surface area contributed by atoms with Crippen LogP contribution in [0.15, 0.2) is 76.7 Å². The second-order valence-corrected chi connectivity index (χ2v) is 8.79. The molecule has 2 N–H and O–H groups in total. The molecule has 4 rings (SSSR count). The van der Waals surface area contributed by atoms with Gasteiger partial charge in [0.25, 0.3) is 5.91 Å². The first-order valence-electron chi connectivity index (χ1n) is 10.4. The monoisotopic (exact) mass is 518 g/mol. The molecule has 0 fully saturated rings. The Bertz CT molecular complexity index is 1460. The Labute approximate surface area is 206 Å². The number of halogens is 4. The van der Waals surface area contributed by atoms with Crippen molar-refractivity contribution in [2.75, 3.05) is 5.32 Å². The number of amides is 1. The molecule has 0 atom stereocenters. The zero-order valence-electron chi connectivity index (χ0n) is 18.6. The lowest BCUT2D eigenvalue weighted by Crippen LogP contribution is -2.25. The standard InChI is InChI=1S/C24H18F4N4O3S/c1-14-22(34)32(18-6-8-19(9-7-18)36-24(26,27)28)23(35)31(14)13-16-10-11-29-12-20(16)30-21(33)15-2-4-17(25)5-3-15/h2-12,34H,13H2,1H3,(H,30,33). The van der Waals surface area contributed by atoms with Gasteiger partial charge in [-0.25, -0.2) is 13.8 Å². The van der Waals surface area contributed by atoms with Crippen molar-refractivity contribution in [3.8, 4) is 11.6 Å². The summed E-state index contributed by atoms with van der Waals surface area (Å²) < 4.78 is 53.2. The van der Waals surface area contributed by atoms with E-state index in [9.17, 15) is 32.3 Å². The molecule has 0 radical (unpaired) electrons. The molecule has 2 aromatic carbocycles. The van der Waals surface area contributed by atoms with Crippen molar-refractivity contribution in [3.63, 3.8) is 0 Å². The molecule has 0 saturated heterocycles. The van der Waals surface area contributed by atoms with Crippen molar-refractivity contribution < 1.29 is 27.5 Å². The van der Waals surface area contributed by atoms with Crippen molar-refractivity contribution in [3.05, 3.63) is 100 Å². The number of pyridine rings is 1. The average Bonchev–Trinajstić information content (AvgIpc) is 3.03. The first-order valence-corrected chi connectivity index (χ1v) is 11.2. The number of alkyl halides is 3. The summed E-state index contributed by atoms with van der Waals surface area (Å²) in [4.78, 5) is 29.7. The Morgan fingerprint density at radius 1 is 1.08 bits per heavy atom. The zero-order chi connectivity index (χ0) is 26.0. The van der Waals surface area contributed by atoms with Crippen molar-refractivity contribution in [1.29, 1.82) is 0 Å². The summed E-state index contributed by atoms with van der Waals surface area (Å²) >= 11 is -0.285. The van der Waals surface area contributed by atoms with Crippen molar-refractivity contribution in [2.24, 2.45) is 0 Å². The molecule has 36 heavy (non-hydrogen) atoms. The molecule has 0 bridgehead atoms. The van der Waals surface area contributed by atoms with Crippen LogP contribution in [0.1, 0.15) is 21.6 Å². The van der Waals surface area contributed by atoms with Gasteiger partial charge < -0.3 is 10.4 Å². The number of anilines is 1. The van der Waals surface area contributed by atoms with E-state index in [4.69, 9.17) is 0 Å². The minimum Gasteiger partial charge on any atom is -0.493 e. The summed E-state index contributed by atoms with van der Waals surface area (Å²) in [6.07, 6.45) is 2.86. The van der Waals surface area contributed by atoms with E-state index in [2.05, 4.69) is 10.3 Å². The van der Waals surface area contributed by atoms with Gasteiger partial charge in [-0.1, -0.05) is 0 Å². The van der Waals surface area contributed by atoms with Gasteiger partial charge in [0.1, 0.15) is 5.82 Å². The maximum Gasteiger partial charge on any atom is 0.446 e. The molecule has 0 spiro atoms. The summed E-state index contributed by atoms with van der Waals surface area (Å²) in [7, 11) is 0. The Morgan fingerprint density at radius 3 is 2.39 bits per heavy atom. The van der Waals surface area contributed by atoms with Gasteiger partial charge in [0, 0.05) is 16.7 Å². The minimum atomic E-state index is -4.45. The third kappa shape index (κ3) is 5.43. The highest BCUT2D eigenvalue weighted by molar-refractivity contribution is 8.00. The molecule has 0 saturated carbocycles. The van der Waals surface area contributed by atoms with Crippen molar-refractivity contribution in [2.45, 2.75) is 23.9 Å². The molecule has 0 aliphatic heterocycles. The lowest BCUT2D eigenvalue weighted by molar-refractivity contribution is -0.0328. The van der Waals surface area contributed by atoms with E-state index in [0.717, 1.165) is 16.7 Å². The summed E-state index contributed by atoms with van der Waals surface area (Å²) in [5, 5.41) is 13.3. The first-order chi connectivity index (χ1) is 17.0. The Morgan fingerprint density at radius 2 is 1.75 bits per heavy atom. The van der Waals surface area contributed by atoms with Gasteiger partial charge in [0.15, 0.2) is 0 Å². The Balaban J connectivity index is 1.62.